The molecule has 122 valence electrons. The Hall–Kier alpha value is -1.30. The van der Waals surface area contributed by atoms with Crippen molar-refractivity contribution in [2.24, 2.45) is 5.73 Å². The lowest BCUT2D eigenvalue weighted by Gasteiger charge is -2.31. The highest BCUT2D eigenvalue weighted by molar-refractivity contribution is 5.76. The van der Waals surface area contributed by atoms with E-state index in [0.717, 1.165) is 38.8 Å². The summed E-state index contributed by atoms with van der Waals surface area (Å²) in [6.45, 7) is 6.15. The van der Waals surface area contributed by atoms with Gasteiger partial charge in [0, 0.05) is 25.2 Å². The van der Waals surface area contributed by atoms with E-state index in [9.17, 15) is 9.59 Å². The number of carbonyl (C=O) groups is 2. The summed E-state index contributed by atoms with van der Waals surface area (Å²) >= 11 is 0. The third-order valence-electron chi connectivity index (χ3n) is 3.92. The zero-order valence-corrected chi connectivity index (χ0v) is 13.4. The second-order valence-corrected chi connectivity index (χ2v) is 6.03. The number of nitrogens with two attached hydrogens (primary N) is 1. The van der Waals surface area contributed by atoms with Crippen molar-refractivity contribution < 1.29 is 9.59 Å². The molecule has 0 aliphatic carbocycles. The van der Waals surface area contributed by atoms with Gasteiger partial charge in [-0.25, -0.2) is 4.79 Å². The van der Waals surface area contributed by atoms with Crippen molar-refractivity contribution in [2.75, 3.05) is 19.6 Å². The second-order valence-electron chi connectivity index (χ2n) is 6.03. The van der Waals surface area contributed by atoms with E-state index in [4.69, 9.17) is 5.73 Å². The molecule has 1 rings (SSSR count). The predicted octanol–water partition coefficient (Wildman–Crippen LogP) is 1.20. The number of nitrogens with one attached hydrogen (secondary N) is 2. The molecule has 4 N–H and O–H groups in total. The largest absolute Gasteiger partial charge is 0.369 e. The van der Waals surface area contributed by atoms with E-state index >= 15 is 0 Å². The van der Waals surface area contributed by atoms with Crippen LogP contribution in [-0.2, 0) is 4.79 Å². The third-order valence-corrected chi connectivity index (χ3v) is 3.92. The van der Waals surface area contributed by atoms with Gasteiger partial charge in [-0.05, 0) is 26.2 Å². The van der Waals surface area contributed by atoms with Crippen LogP contribution >= 0.6 is 0 Å². The van der Waals surface area contributed by atoms with Gasteiger partial charge in [0.2, 0.25) is 5.91 Å². The van der Waals surface area contributed by atoms with Gasteiger partial charge in [-0.1, -0.05) is 26.2 Å². The van der Waals surface area contributed by atoms with Crippen LogP contribution in [0.25, 0.3) is 0 Å². The molecule has 0 unspecified atom stereocenters. The first-order valence-electron chi connectivity index (χ1n) is 8.09. The summed E-state index contributed by atoms with van der Waals surface area (Å²) in [5.74, 6) is -0.292. The fourth-order valence-electron chi connectivity index (χ4n) is 2.68. The van der Waals surface area contributed by atoms with Gasteiger partial charge in [-0.2, -0.15) is 0 Å². The SMILES string of the molecule is CCCCC[C@@H](C)NC(=O)NC1CCN(CC(N)=O)CC1. The number of unbranched alkanes of at least 4 members (excludes halogenated alkanes) is 2. The highest BCUT2D eigenvalue weighted by Crippen LogP contribution is 2.10. The number of urea groups is 1. The molecule has 0 aromatic rings. The van der Waals surface area contributed by atoms with Crippen LogP contribution in [0.4, 0.5) is 4.79 Å². The number of likely N-dealkylation sites (tertiary alicyclic amines) is 1. The molecule has 6 nitrogen and oxygen atoms in total. The van der Waals surface area contributed by atoms with Gasteiger partial charge in [0.15, 0.2) is 0 Å². The molecule has 0 aromatic heterocycles. The van der Waals surface area contributed by atoms with Crippen molar-refractivity contribution >= 4 is 11.9 Å². The maximum absolute atomic E-state index is 11.9. The van der Waals surface area contributed by atoms with Crippen LogP contribution in [0.3, 0.4) is 0 Å². The number of hydrogen-bond donors (Lipinski definition) is 3. The van der Waals surface area contributed by atoms with Gasteiger partial charge >= 0.3 is 6.03 Å². The van der Waals surface area contributed by atoms with Crippen molar-refractivity contribution in [3.63, 3.8) is 0 Å². The normalized spacial score (nSPS) is 18.2. The van der Waals surface area contributed by atoms with Crippen LogP contribution < -0.4 is 16.4 Å². The Labute approximate surface area is 127 Å². The average Bonchev–Trinajstić information content (AvgIpc) is 2.40. The molecular formula is C15H30N4O2. The molecule has 3 amide bonds. The quantitative estimate of drug-likeness (QED) is 0.588. The van der Waals surface area contributed by atoms with Crippen molar-refractivity contribution in [1.82, 2.24) is 15.5 Å². The van der Waals surface area contributed by atoms with E-state index in [1.807, 2.05) is 11.8 Å². The summed E-state index contributed by atoms with van der Waals surface area (Å²) in [5.41, 5.74) is 5.18. The molecule has 6 heteroatoms. The van der Waals surface area contributed by atoms with Gasteiger partial charge in [0.1, 0.15) is 0 Å². The number of primary amides is 1. The molecule has 1 heterocycles. The average molecular weight is 298 g/mol. The lowest BCUT2D eigenvalue weighted by molar-refractivity contribution is -0.119. The Bertz CT molecular complexity index is 328. The highest BCUT2D eigenvalue weighted by atomic mass is 16.2. The molecule has 1 atom stereocenters. The van der Waals surface area contributed by atoms with Crippen LogP contribution in [0.2, 0.25) is 0 Å². The summed E-state index contributed by atoms with van der Waals surface area (Å²) in [5, 5.41) is 6.01. The van der Waals surface area contributed by atoms with E-state index in [1.165, 1.54) is 12.8 Å². The summed E-state index contributed by atoms with van der Waals surface area (Å²) < 4.78 is 0. The molecule has 1 aliphatic rings. The maximum Gasteiger partial charge on any atom is 0.315 e. The van der Waals surface area contributed by atoms with E-state index in [2.05, 4.69) is 17.6 Å². The molecule has 21 heavy (non-hydrogen) atoms. The van der Waals surface area contributed by atoms with E-state index < -0.39 is 0 Å². The maximum atomic E-state index is 11.9. The van der Waals surface area contributed by atoms with Crippen molar-refractivity contribution in [3.05, 3.63) is 0 Å². The van der Waals surface area contributed by atoms with Crippen LogP contribution in [0.1, 0.15) is 52.4 Å². The van der Waals surface area contributed by atoms with Gasteiger partial charge in [-0.3, -0.25) is 9.69 Å². The summed E-state index contributed by atoms with van der Waals surface area (Å²) in [7, 11) is 0. The molecule has 0 spiro atoms. The zero-order valence-electron chi connectivity index (χ0n) is 13.4. The van der Waals surface area contributed by atoms with Gasteiger partial charge in [0.25, 0.3) is 0 Å². The number of rotatable bonds is 8. The van der Waals surface area contributed by atoms with Crippen LogP contribution in [-0.4, -0.2) is 48.6 Å². The minimum Gasteiger partial charge on any atom is -0.369 e. The van der Waals surface area contributed by atoms with Crippen molar-refractivity contribution in [2.45, 2.75) is 64.5 Å². The van der Waals surface area contributed by atoms with Gasteiger partial charge in [0.05, 0.1) is 6.54 Å². The topological polar surface area (TPSA) is 87.5 Å². The number of piperidine rings is 1. The molecule has 0 bridgehead atoms. The third kappa shape index (κ3) is 7.90. The molecule has 0 saturated carbocycles. The van der Waals surface area contributed by atoms with Crippen molar-refractivity contribution in [3.8, 4) is 0 Å². The van der Waals surface area contributed by atoms with Gasteiger partial charge in [-0.15, -0.1) is 0 Å². The summed E-state index contributed by atoms with van der Waals surface area (Å²) in [6.07, 6.45) is 6.33. The predicted molar refractivity (Wildman–Crippen MR) is 83.9 cm³/mol. The minimum absolute atomic E-state index is 0.0765. The Balaban J connectivity index is 2.16. The number of hydrogen-bond acceptors (Lipinski definition) is 3. The summed E-state index contributed by atoms with van der Waals surface area (Å²) in [4.78, 5) is 24.8. The Kier molecular flexibility index (Phi) is 8.12. The Morgan fingerprint density at radius 3 is 2.52 bits per heavy atom. The monoisotopic (exact) mass is 298 g/mol. The van der Waals surface area contributed by atoms with E-state index in [-0.39, 0.29) is 24.0 Å². The molecule has 1 saturated heterocycles. The molecule has 1 fully saturated rings. The first-order chi connectivity index (χ1) is 10.0. The highest BCUT2D eigenvalue weighted by Gasteiger charge is 2.21. The standard InChI is InChI=1S/C15H30N4O2/c1-3-4-5-6-12(2)17-15(21)18-13-7-9-19(10-8-13)11-14(16)20/h12-13H,3-11H2,1-2H3,(H2,16,20)(H2,17,18,21)/t12-/m1/s1. The summed E-state index contributed by atoms with van der Waals surface area (Å²) in [6, 6.07) is 0.329. The van der Waals surface area contributed by atoms with E-state index in [0.29, 0.717) is 6.54 Å². The van der Waals surface area contributed by atoms with Crippen LogP contribution in [0, 0.1) is 0 Å². The Morgan fingerprint density at radius 1 is 1.29 bits per heavy atom. The van der Waals surface area contributed by atoms with Crippen LogP contribution in [0.15, 0.2) is 0 Å². The zero-order chi connectivity index (χ0) is 15.7. The van der Waals surface area contributed by atoms with E-state index in [1.54, 1.807) is 0 Å². The first kappa shape index (κ1) is 17.8. The second kappa shape index (κ2) is 9.60. The fourth-order valence-corrected chi connectivity index (χ4v) is 2.68. The fraction of sp³-hybridized carbons (Fsp3) is 0.867. The first-order valence-corrected chi connectivity index (χ1v) is 8.09. The molecular weight excluding hydrogens is 268 g/mol. The van der Waals surface area contributed by atoms with Crippen LogP contribution in [0.5, 0.6) is 0 Å². The lowest BCUT2D eigenvalue weighted by atomic mass is 10.1. The van der Waals surface area contributed by atoms with Gasteiger partial charge < -0.3 is 16.4 Å². The Morgan fingerprint density at radius 2 is 1.95 bits per heavy atom. The number of amides is 3. The van der Waals surface area contributed by atoms with Crippen molar-refractivity contribution in [1.29, 1.82) is 0 Å². The molecule has 0 radical (unpaired) electrons. The minimum atomic E-state index is -0.292. The number of nitrogens with zero attached hydrogens (tertiary/aromatic N) is 1. The number of carbonyl (C=O) groups excluding carboxylic acids is 2. The lowest BCUT2D eigenvalue weighted by Crippen LogP contribution is -2.50. The molecule has 0 aromatic carbocycles. The molecule has 1 aliphatic heterocycles. The smallest absolute Gasteiger partial charge is 0.315 e.